The molecule has 3 heteroatoms. The van der Waals surface area contributed by atoms with Crippen LogP contribution in [-0.4, -0.2) is 17.6 Å². The van der Waals surface area contributed by atoms with Crippen molar-refractivity contribution in [2.45, 2.75) is 19.9 Å². The van der Waals surface area contributed by atoms with E-state index in [0.29, 0.717) is 13.0 Å². The summed E-state index contributed by atoms with van der Waals surface area (Å²) in [6.45, 7) is 2.46. The van der Waals surface area contributed by atoms with Crippen LogP contribution in [0, 0.1) is 5.92 Å². The molecule has 0 saturated heterocycles. The Balaban J connectivity index is 2.29. The average molecular weight is 207 g/mol. The Hall–Kier alpha value is -1.35. The second-order valence-electron chi connectivity index (χ2n) is 3.75. The maximum Gasteiger partial charge on any atom is 0.220 e. The maximum atomic E-state index is 11.4. The van der Waals surface area contributed by atoms with E-state index in [9.17, 15) is 4.79 Å². The van der Waals surface area contributed by atoms with Gasteiger partial charge in [0.05, 0.1) is 0 Å². The van der Waals surface area contributed by atoms with Gasteiger partial charge in [-0.15, -0.1) is 0 Å². The Labute approximate surface area is 90.1 Å². The van der Waals surface area contributed by atoms with Gasteiger partial charge in [-0.05, 0) is 11.5 Å². The first kappa shape index (κ1) is 11.7. The zero-order valence-corrected chi connectivity index (χ0v) is 8.94. The highest BCUT2D eigenvalue weighted by Crippen LogP contribution is 2.01. The number of aliphatic hydroxyl groups is 1. The third-order valence-electron chi connectivity index (χ3n) is 2.18. The summed E-state index contributed by atoms with van der Waals surface area (Å²) in [5.41, 5.74) is 1.09. The highest BCUT2D eigenvalue weighted by molar-refractivity contribution is 5.76. The molecule has 0 aromatic heterocycles. The first-order valence-electron chi connectivity index (χ1n) is 5.14. The Morgan fingerprint density at radius 1 is 1.40 bits per heavy atom. The normalized spacial score (nSPS) is 12.1. The molecule has 1 aromatic carbocycles. The van der Waals surface area contributed by atoms with Crippen LogP contribution < -0.4 is 5.32 Å². The van der Waals surface area contributed by atoms with Crippen molar-refractivity contribution in [3.8, 4) is 0 Å². The van der Waals surface area contributed by atoms with Gasteiger partial charge in [0.15, 0.2) is 0 Å². The van der Waals surface area contributed by atoms with Gasteiger partial charge in [0.25, 0.3) is 0 Å². The monoisotopic (exact) mass is 207 g/mol. The Morgan fingerprint density at radius 3 is 2.67 bits per heavy atom. The van der Waals surface area contributed by atoms with Crippen molar-refractivity contribution in [3.63, 3.8) is 0 Å². The predicted octanol–water partition coefficient (Wildman–Crippen LogP) is 1.32. The van der Waals surface area contributed by atoms with Crippen LogP contribution in [0.3, 0.4) is 0 Å². The third-order valence-corrected chi connectivity index (χ3v) is 2.18. The molecule has 2 N–H and O–H groups in total. The third kappa shape index (κ3) is 4.61. The van der Waals surface area contributed by atoms with E-state index in [0.717, 1.165) is 5.56 Å². The molecule has 0 radical (unpaired) electrons. The Kier molecular flexibility index (Phi) is 4.84. The molecule has 1 atom stereocenters. The van der Waals surface area contributed by atoms with Gasteiger partial charge in [0, 0.05) is 19.6 Å². The van der Waals surface area contributed by atoms with Gasteiger partial charge in [-0.2, -0.15) is 0 Å². The van der Waals surface area contributed by atoms with E-state index in [2.05, 4.69) is 5.32 Å². The van der Waals surface area contributed by atoms with Crippen molar-refractivity contribution in [2.75, 3.05) is 6.61 Å². The molecular formula is C12H17NO2. The van der Waals surface area contributed by atoms with Crippen molar-refractivity contribution >= 4 is 5.91 Å². The van der Waals surface area contributed by atoms with Crippen molar-refractivity contribution in [1.82, 2.24) is 5.32 Å². The van der Waals surface area contributed by atoms with E-state index in [-0.39, 0.29) is 18.4 Å². The highest BCUT2D eigenvalue weighted by Gasteiger charge is 2.06. The summed E-state index contributed by atoms with van der Waals surface area (Å²) in [4.78, 5) is 11.4. The summed E-state index contributed by atoms with van der Waals surface area (Å²) < 4.78 is 0. The molecule has 0 aliphatic heterocycles. The van der Waals surface area contributed by atoms with Gasteiger partial charge >= 0.3 is 0 Å². The lowest BCUT2D eigenvalue weighted by atomic mass is 10.1. The quantitative estimate of drug-likeness (QED) is 0.765. The van der Waals surface area contributed by atoms with Gasteiger partial charge in [0.2, 0.25) is 5.91 Å². The first-order valence-corrected chi connectivity index (χ1v) is 5.14. The number of amides is 1. The minimum atomic E-state index is -0.0135. The zero-order valence-electron chi connectivity index (χ0n) is 8.94. The van der Waals surface area contributed by atoms with Crippen LogP contribution in [0.1, 0.15) is 18.9 Å². The molecule has 0 aliphatic carbocycles. The lowest BCUT2D eigenvalue weighted by Gasteiger charge is -2.08. The minimum Gasteiger partial charge on any atom is -0.396 e. The molecule has 0 heterocycles. The number of benzene rings is 1. The van der Waals surface area contributed by atoms with E-state index >= 15 is 0 Å². The first-order chi connectivity index (χ1) is 7.22. The number of hydrogen-bond acceptors (Lipinski definition) is 2. The van der Waals surface area contributed by atoms with E-state index in [1.807, 2.05) is 37.3 Å². The lowest BCUT2D eigenvalue weighted by molar-refractivity contribution is -0.122. The predicted molar refractivity (Wildman–Crippen MR) is 59.2 cm³/mol. The number of rotatable bonds is 5. The number of hydrogen-bond donors (Lipinski definition) is 2. The van der Waals surface area contributed by atoms with Gasteiger partial charge < -0.3 is 10.4 Å². The van der Waals surface area contributed by atoms with E-state index < -0.39 is 0 Å². The van der Waals surface area contributed by atoms with Gasteiger partial charge in [-0.1, -0.05) is 37.3 Å². The number of carbonyl (C=O) groups excluding carboxylic acids is 1. The second kappa shape index (κ2) is 6.19. The van der Waals surface area contributed by atoms with Crippen molar-refractivity contribution in [2.24, 2.45) is 5.92 Å². The van der Waals surface area contributed by atoms with Crippen molar-refractivity contribution in [1.29, 1.82) is 0 Å². The number of nitrogens with one attached hydrogen (secondary N) is 1. The molecular weight excluding hydrogens is 190 g/mol. The zero-order chi connectivity index (χ0) is 11.1. The van der Waals surface area contributed by atoms with Crippen molar-refractivity contribution < 1.29 is 9.90 Å². The summed E-state index contributed by atoms with van der Waals surface area (Å²) in [7, 11) is 0. The summed E-state index contributed by atoms with van der Waals surface area (Å²) in [6, 6.07) is 9.76. The largest absolute Gasteiger partial charge is 0.396 e. The maximum absolute atomic E-state index is 11.4. The van der Waals surface area contributed by atoms with Crippen LogP contribution >= 0.6 is 0 Å². The Morgan fingerprint density at radius 2 is 2.07 bits per heavy atom. The molecule has 0 fully saturated rings. The average Bonchev–Trinajstić information content (AvgIpc) is 2.27. The molecule has 82 valence electrons. The minimum absolute atomic E-state index is 0.0135. The summed E-state index contributed by atoms with van der Waals surface area (Å²) >= 11 is 0. The highest BCUT2D eigenvalue weighted by atomic mass is 16.3. The second-order valence-corrected chi connectivity index (χ2v) is 3.75. The standard InChI is InChI=1S/C12H17NO2/c1-10(9-14)7-12(15)13-8-11-5-3-2-4-6-11/h2-6,10,14H,7-9H2,1H3,(H,13,15). The fourth-order valence-corrected chi connectivity index (χ4v) is 1.25. The summed E-state index contributed by atoms with van der Waals surface area (Å²) in [5, 5.41) is 11.6. The molecule has 15 heavy (non-hydrogen) atoms. The number of carbonyl (C=O) groups is 1. The van der Waals surface area contributed by atoms with Crippen LogP contribution in [0.4, 0.5) is 0 Å². The molecule has 0 bridgehead atoms. The topological polar surface area (TPSA) is 49.3 Å². The van der Waals surface area contributed by atoms with Crippen molar-refractivity contribution in [3.05, 3.63) is 35.9 Å². The van der Waals surface area contributed by atoms with E-state index in [4.69, 9.17) is 5.11 Å². The fraction of sp³-hybridized carbons (Fsp3) is 0.417. The van der Waals surface area contributed by atoms with E-state index in [1.165, 1.54) is 0 Å². The van der Waals surface area contributed by atoms with Gasteiger partial charge in [-0.3, -0.25) is 4.79 Å². The van der Waals surface area contributed by atoms with Crippen LogP contribution in [-0.2, 0) is 11.3 Å². The molecule has 3 nitrogen and oxygen atoms in total. The smallest absolute Gasteiger partial charge is 0.220 e. The molecule has 0 saturated carbocycles. The lowest BCUT2D eigenvalue weighted by Crippen LogP contribution is -2.25. The molecule has 0 spiro atoms. The van der Waals surface area contributed by atoms with Crippen LogP contribution in [0.25, 0.3) is 0 Å². The molecule has 1 amide bonds. The number of aliphatic hydroxyl groups excluding tert-OH is 1. The molecule has 1 rings (SSSR count). The fourth-order valence-electron chi connectivity index (χ4n) is 1.25. The van der Waals surface area contributed by atoms with E-state index in [1.54, 1.807) is 0 Å². The molecule has 0 aliphatic rings. The van der Waals surface area contributed by atoms with Crippen LogP contribution in [0.2, 0.25) is 0 Å². The van der Waals surface area contributed by atoms with Gasteiger partial charge in [-0.25, -0.2) is 0 Å². The summed E-state index contributed by atoms with van der Waals surface area (Å²) in [5.74, 6) is 0.0150. The molecule has 1 aromatic rings. The molecule has 1 unspecified atom stereocenters. The van der Waals surface area contributed by atoms with Gasteiger partial charge in [0.1, 0.15) is 0 Å². The SMILES string of the molecule is CC(CO)CC(=O)NCc1ccccc1. The van der Waals surface area contributed by atoms with Crippen LogP contribution in [0.5, 0.6) is 0 Å². The Bertz CT molecular complexity index is 298. The van der Waals surface area contributed by atoms with Crippen LogP contribution in [0.15, 0.2) is 30.3 Å². The summed E-state index contributed by atoms with van der Waals surface area (Å²) in [6.07, 6.45) is 0.378.